The highest BCUT2D eigenvalue weighted by atomic mass is 32.2. The second-order valence-corrected chi connectivity index (χ2v) is 13.6. The number of rotatable bonds is 13. The van der Waals surface area contributed by atoms with Gasteiger partial charge in [-0.15, -0.1) is 0 Å². The molecule has 8 atom stereocenters. The standard InChI is InChI=1S/C29H42N6O9S/c1-5-15(2)23(30)26(38)34-45(42,43)14-22(36)33-29(28(40)41)20-13-35(4)12-19(25(32)37)18(20)11-21(29)44-27(39)24(31)16(3)17-9-7-6-8-10-17/h6-10,12,15-16,18,20-21,23-24H,5,11,13-14,30-31H2,1-4H3,(H2,32,37)(H,33,36)(H,34,38)(H,40,41)/t15-,16-,18-,20+,21-,23-,24-,29+/m0/s1. The first-order valence-corrected chi connectivity index (χ1v) is 16.2. The number of nitrogens with one attached hydrogen (secondary N) is 2. The Labute approximate surface area is 261 Å². The first-order valence-electron chi connectivity index (χ1n) is 14.5. The number of benzene rings is 1. The summed E-state index contributed by atoms with van der Waals surface area (Å²) in [6, 6.07) is 6.43. The Morgan fingerprint density at radius 3 is 2.29 bits per heavy atom. The number of carbonyl (C=O) groups is 5. The van der Waals surface area contributed by atoms with Gasteiger partial charge in [-0.2, -0.15) is 0 Å². The van der Waals surface area contributed by atoms with E-state index in [1.54, 1.807) is 62.9 Å². The van der Waals surface area contributed by atoms with Gasteiger partial charge in [-0.1, -0.05) is 57.5 Å². The Kier molecular flexibility index (Phi) is 11.0. The third-order valence-electron chi connectivity index (χ3n) is 8.81. The molecule has 0 spiro atoms. The van der Waals surface area contributed by atoms with Crippen LogP contribution in [-0.2, 0) is 38.7 Å². The second kappa shape index (κ2) is 14.0. The van der Waals surface area contributed by atoms with Gasteiger partial charge in [0.05, 0.1) is 6.04 Å². The van der Waals surface area contributed by atoms with E-state index >= 15 is 0 Å². The van der Waals surface area contributed by atoms with Gasteiger partial charge in [0.2, 0.25) is 21.8 Å². The molecular formula is C29H42N6O9S. The van der Waals surface area contributed by atoms with Crippen molar-refractivity contribution in [1.82, 2.24) is 14.9 Å². The number of primary amides is 1. The van der Waals surface area contributed by atoms with Crippen LogP contribution in [0.5, 0.6) is 0 Å². The summed E-state index contributed by atoms with van der Waals surface area (Å²) in [7, 11) is -3.07. The van der Waals surface area contributed by atoms with Crippen molar-refractivity contribution in [2.75, 3.05) is 19.3 Å². The van der Waals surface area contributed by atoms with Crippen LogP contribution in [0.4, 0.5) is 0 Å². The van der Waals surface area contributed by atoms with Crippen molar-refractivity contribution in [3.8, 4) is 0 Å². The van der Waals surface area contributed by atoms with Gasteiger partial charge in [0.1, 0.15) is 17.9 Å². The smallest absolute Gasteiger partial charge is 0.333 e. The summed E-state index contributed by atoms with van der Waals surface area (Å²) in [5.74, 6) is -9.96. The molecule has 3 rings (SSSR count). The molecule has 1 fully saturated rings. The van der Waals surface area contributed by atoms with Crippen LogP contribution in [0.15, 0.2) is 42.1 Å². The van der Waals surface area contributed by atoms with E-state index in [1.807, 2.05) is 0 Å². The van der Waals surface area contributed by atoms with Crippen LogP contribution in [-0.4, -0.2) is 91.2 Å². The van der Waals surface area contributed by atoms with Crippen molar-refractivity contribution in [3.63, 3.8) is 0 Å². The fourth-order valence-corrected chi connectivity index (χ4v) is 6.89. The van der Waals surface area contributed by atoms with Crippen molar-refractivity contribution in [2.45, 2.75) is 63.3 Å². The number of amides is 3. The molecule has 1 aliphatic heterocycles. The number of sulfonamides is 1. The number of nitrogens with zero attached hydrogens (tertiary/aromatic N) is 1. The predicted molar refractivity (Wildman–Crippen MR) is 162 cm³/mol. The van der Waals surface area contributed by atoms with Crippen molar-refractivity contribution in [3.05, 3.63) is 47.7 Å². The lowest BCUT2D eigenvalue weighted by Crippen LogP contribution is -2.67. The van der Waals surface area contributed by atoms with E-state index < -0.39 is 86.9 Å². The zero-order chi connectivity index (χ0) is 33.9. The first-order chi connectivity index (χ1) is 20.9. The predicted octanol–water partition coefficient (Wildman–Crippen LogP) is -1.26. The quantitative estimate of drug-likeness (QED) is 0.137. The number of carboxylic acid groups (broad SMARTS) is 1. The lowest BCUT2D eigenvalue weighted by Gasteiger charge is -2.41. The Hall–Kier alpha value is -4.02. The van der Waals surface area contributed by atoms with Crippen LogP contribution < -0.4 is 27.2 Å². The Morgan fingerprint density at radius 2 is 1.73 bits per heavy atom. The molecule has 3 amide bonds. The highest BCUT2D eigenvalue weighted by Crippen LogP contribution is 2.48. The van der Waals surface area contributed by atoms with Crippen LogP contribution in [0.1, 0.15) is 45.1 Å². The van der Waals surface area contributed by atoms with E-state index in [1.165, 1.54) is 11.1 Å². The van der Waals surface area contributed by atoms with Gasteiger partial charge in [0.25, 0.3) is 5.91 Å². The zero-order valence-corrected chi connectivity index (χ0v) is 26.5. The molecule has 1 aliphatic carbocycles. The van der Waals surface area contributed by atoms with Crippen LogP contribution in [0.2, 0.25) is 0 Å². The van der Waals surface area contributed by atoms with Crippen LogP contribution in [0.3, 0.4) is 0 Å². The number of hydrogen-bond acceptors (Lipinski definition) is 11. The molecular weight excluding hydrogens is 608 g/mol. The molecule has 45 heavy (non-hydrogen) atoms. The van der Waals surface area contributed by atoms with E-state index in [0.29, 0.717) is 6.42 Å². The topological polar surface area (TPSA) is 254 Å². The normalized spacial score (nSPS) is 25.5. The van der Waals surface area contributed by atoms with Crippen LogP contribution in [0, 0.1) is 17.8 Å². The minimum Gasteiger partial charge on any atom is -0.479 e. The summed E-state index contributed by atoms with van der Waals surface area (Å²) in [5.41, 5.74) is 16.0. The van der Waals surface area contributed by atoms with E-state index in [0.717, 1.165) is 5.56 Å². The molecule has 248 valence electrons. The molecule has 0 saturated heterocycles. The number of fused-ring (bicyclic) bond motifs is 1. The number of carboxylic acids is 1. The molecule has 1 heterocycles. The number of ether oxygens (including phenoxy) is 1. The summed E-state index contributed by atoms with van der Waals surface area (Å²) in [4.78, 5) is 66.1. The van der Waals surface area contributed by atoms with E-state index in [4.69, 9.17) is 21.9 Å². The molecule has 9 N–H and O–H groups in total. The lowest BCUT2D eigenvalue weighted by atomic mass is 9.77. The first kappa shape index (κ1) is 35.5. The monoisotopic (exact) mass is 650 g/mol. The molecule has 1 saturated carbocycles. The number of aliphatic carboxylic acids is 1. The Bertz CT molecular complexity index is 1450. The van der Waals surface area contributed by atoms with E-state index in [2.05, 4.69) is 5.32 Å². The van der Waals surface area contributed by atoms with Crippen molar-refractivity contribution in [1.29, 1.82) is 0 Å². The maximum atomic E-state index is 13.4. The largest absolute Gasteiger partial charge is 0.479 e. The fourth-order valence-electron chi connectivity index (χ4n) is 5.95. The summed E-state index contributed by atoms with van der Waals surface area (Å²) in [5, 5.41) is 12.9. The zero-order valence-electron chi connectivity index (χ0n) is 25.6. The second-order valence-electron chi connectivity index (χ2n) is 11.8. The maximum Gasteiger partial charge on any atom is 0.333 e. The van der Waals surface area contributed by atoms with Gasteiger partial charge in [-0.05, 0) is 17.9 Å². The molecule has 1 aromatic carbocycles. The average Bonchev–Trinajstić information content (AvgIpc) is 3.27. The van der Waals surface area contributed by atoms with Gasteiger partial charge >= 0.3 is 11.9 Å². The molecule has 2 aliphatic rings. The van der Waals surface area contributed by atoms with Gasteiger partial charge in [0, 0.05) is 43.1 Å². The van der Waals surface area contributed by atoms with Crippen LogP contribution in [0.25, 0.3) is 0 Å². The van der Waals surface area contributed by atoms with Crippen molar-refractivity contribution >= 4 is 39.7 Å². The number of nitrogens with two attached hydrogens (primary N) is 3. The summed E-state index contributed by atoms with van der Waals surface area (Å²) >= 11 is 0. The minimum absolute atomic E-state index is 0.0260. The minimum atomic E-state index is -4.63. The number of esters is 1. The van der Waals surface area contributed by atoms with Crippen molar-refractivity contribution < 1.29 is 42.2 Å². The molecule has 16 heteroatoms. The van der Waals surface area contributed by atoms with Gasteiger partial charge in [-0.25, -0.2) is 13.2 Å². The molecule has 1 aromatic rings. The molecule has 15 nitrogen and oxygen atoms in total. The molecule has 0 bridgehead atoms. The average molecular weight is 651 g/mol. The molecule has 0 unspecified atom stereocenters. The highest BCUT2D eigenvalue weighted by molar-refractivity contribution is 7.90. The molecule has 0 radical (unpaired) electrons. The van der Waals surface area contributed by atoms with Gasteiger partial charge < -0.3 is 37.3 Å². The lowest BCUT2D eigenvalue weighted by molar-refractivity contribution is -0.166. The van der Waals surface area contributed by atoms with E-state index in [-0.39, 0.29) is 24.5 Å². The Morgan fingerprint density at radius 1 is 1.11 bits per heavy atom. The summed E-state index contributed by atoms with van der Waals surface area (Å²) in [6.07, 6.45) is 0.126. The maximum absolute atomic E-state index is 13.4. The highest BCUT2D eigenvalue weighted by Gasteiger charge is 2.65. The van der Waals surface area contributed by atoms with Gasteiger partial charge in [-0.3, -0.25) is 23.9 Å². The summed E-state index contributed by atoms with van der Waals surface area (Å²) in [6.45, 7) is 5.08. The third kappa shape index (κ3) is 7.62. The van der Waals surface area contributed by atoms with E-state index in [9.17, 15) is 37.5 Å². The third-order valence-corrected chi connectivity index (χ3v) is 9.96. The van der Waals surface area contributed by atoms with Gasteiger partial charge in [0.15, 0.2) is 5.54 Å². The Balaban J connectivity index is 1.95. The van der Waals surface area contributed by atoms with Crippen molar-refractivity contribution in [2.24, 2.45) is 35.0 Å². The fraction of sp³-hybridized carbons (Fsp3) is 0.552. The summed E-state index contributed by atoms with van der Waals surface area (Å²) < 4.78 is 33.0. The number of carbonyl (C=O) groups excluding carboxylic acids is 4. The number of hydrogen-bond donors (Lipinski definition) is 6. The van der Waals surface area contributed by atoms with Crippen LogP contribution >= 0.6 is 0 Å². The molecule has 0 aromatic heterocycles. The SMILES string of the molecule is CC[C@H](C)[C@H](N)C(=O)NS(=O)(=O)CC(=O)N[C@@]1(C(=O)O)[C@@H](OC(=O)[C@@H](N)[C@@H](C)c2ccccc2)C[C@H]2C(C(N)=O)=CN(C)C[C@H]21.